The molecule has 0 aromatic heterocycles. The second-order valence-corrected chi connectivity index (χ2v) is 11.3. The molecule has 2 saturated heterocycles. The minimum absolute atomic E-state index is 0.0301. The van der Waals surface area contributed by atoms with Crippen molar-refractivity contribution in [3.8, 4) is 0 Å². The summed E-state index contributed by atoms with van der Waals surface area (Å²) in [6.07, 6.45) is 1.93. The molecule has 40 heavy (non-hydrogen) atoms. The quantitative estimate of drug-likeness (QED) is 0.364. The van der Waals surface area contributed by atoms with E-state index in [1.807, 2.05) is 0 Å². The number of cyclic esters (lactones) is 1. The van der Waals surface area contributed by atoms with Crippen molar-refractivity contribution in [2.75, 3.05) is 55.7 Å². The van der Waals surface area contributed by atoms with Crippen LogP contribution in [0.15, 0.2) is 34.7 Å². The zero-order chi connectivity index (χ0) is 28.6. The molecule has 0 radical (unpaired) electrons. The van der Waals surface area contributed by atoms with Crippen LogP contribution in [0.25, 0.3) is 0 Å². The van der Waals surface area contributed by atoms with E-state index in [-0.39, 0.29) is 56.3 Å². The Bertz CT molecular complexity index is 1160. The molecule has 2 fully saturated rings. The van der Waals surface area contributed by atoms with E-state index in [0.717, 1.165) is 4.90 Å². The zero-order valence-electron chi connectivity index (χ0n) is 21.9. The van der Waals surface area contributed by atoms with Crippen LogP contribution in [-0.2, 0) is 28.7 Å². The number of anilines is 2. The van der Waals surface area contributed by atoms with E-state index in [1.54, 1.807) is 35.2 Å². The molecular formula is C26H32ClN5O7S. The number of rotatable bonds is 11. The first-order chi connectivity index (χ1) is 19.3. The van der Waals surface area contributed by atoms with Crippen molar-refractivity contribution in [1.29, 1.82) is 0 Å². The molecule has 12 nitrogen and oxygen atoms in total. The third-order valence-electron chi connectivity index (χ3n) is 6.63. The molecule has 0 aliphatic carbocycles. The van der Waals surface area contributed by atoms with Gasteiger partial charge in [0.25, 0.3) is 5.91 Å². The van der Waals surface area contributed by atoms with Crippen LogP contribution in [0, 0.1) is 0 Å². The molecule has 14 heteroatoms. The van der Waals surface area contributed by atoms with Crippen molar-refractivity contribution in [1.82, 2.24) is 10.2 Å². The third-order valence-corrected chi connectivity index (χ3v) is 8.13. The maximum atomic E-state index is 13.3. The Kier molecular flexibility index (Phi) is 10.4. The number of allylic oxidation sites excluding steroid dienone is 1. The van der Waals surface area contributed by atoms with Crippen LogP contribution in [0.3, 0.4) is 0 Å². The average Bonchev–Trinajstić information content (AvgIpc) is 3.56. The van der Waals surface area contributed by atoms with E-state index in [9.17, 15) is 24.0 Å². The standard InChI is InChI=1S/C26H32ClN5O7S/c27-21-9-8-20(40-21)25(36)32(23(34)3-1-2-10-29-22(33)13-28)15-19-14-31(26(37)39-19)18-6-4-17(5-7-18)30-11-12-38-16-24(30)35/h4-7,9,19-20H,1-3,8,10-16,28H2,(H,29,33)/t19-,20?/m1/s1. The van der Waals surface area contributed by atoms with Gasteiger partial charge in [0.05, 0.1) is 35.9 Å². The van der Waals surface area contributed by atoms with Gasteiger partial charge in [-0.2, -0.15) is 0 Å². The van der Waals surface area contributed by atoms with Gasteiger partial charge in [-0.15, -0.1) is 11.8 Å². The van der Waals surface area contributed by atoms with Crippen molar-refractivity contribution in [2.24, 2.45) is 5.73 Å². The Morgan fingerprint density at radius 1 is 1.12 bits per heavy atom. The van der Waals surface area contributed by atoms with Gasteiger partial charge in [0.2, 0.25) is 17.7 Å². The number of benzene rings is 1. The van der Waals surface area contributed by atoms with Gasteiger partial charge < -0.3 is 25.4 Å². The fraction of sp³-hybridized carbons (Fsp3) is 0.500. The summed E-state index contributed by atoms with van der Waals surface area (Å²) in [4.78, 5) is 66.8. The van der Waals surface area contributed by atoms with Gasteiger partial charge in [0.1, 0.15) is 12.7 Å². The fourth-order valence-electron chi connectivity index (χ4n) is 4.54. The summed E-state index contributed by atoms with van der Waals surface area (Å²) < 4.78 is 11.2. The maximum absolute atomic E-state index is 13.3. The van der Waals surface area contributed by atoms with Crippen molar-refractivity contribution >= 4 is 64.5 Å². The lowest BCUT2D eigenvalue weighted by Crippen LogP contribution is -2.46. The van der Waals surface area contributed by atoms with Crippen molar-refractivity contribution in [3.05, 3.63) is 34.7 Å². The molecule has 3 aliphatic rings. The number of hydrogen-bond acceptors (Lipinski definition) is 9. The predicted octanol–water partition coefficient (Wildman–Crippen LogP) is 1.56. The predicted molar refractivity (Wildman–Crippen MR) is 150 cm³/mol. The van der Waals surface area contributed by atoms with E-state index >= 15 is 0 Å². The molecule has 2 atom stereocenters. The van der Waals surface area contributed by atoms with Crippen molar-refractivity contribution in [2.45, 2.75) is 37.0 Å². The Morgan fingerprint density at radius 3 is 2.50 bits per heavy atom. The number of carbonyl (C=O) groups excluding carboxylic acids is 5. The number of nitrogens with two attached hydrogens (primary N) is 1. The Balaban J connectivity index is 1.37. The van der Waals surface area contributed by atoms with Gasteiger partial charge >= 0.3 is 6.09 Å². The first-order valence-electron chi connectivity index (χ1n) is 13.1. The minimum atomic E-state index is -0.723. The lowest BCUT2D eigenvalue weighted by molar-refractivity contribution is -0.146. The molecule has 4 rings (SSSR count). The zero-order valence-corrected chi connectivity index (χ0v) is 23.5. The Labute approximate surface area is 241 Å². The summed E-state index contributed by atoms with van der Waals surface area (Å²) in [5, 5.41) is 2.12. The highest BCUT2D eigenvalue weighted by atomic mass is 35.5. The number of imide groups is 1. The van der Waals surface area contributed by atoms with Crippen LogP contribution in [0.4, 0.5) is 16.2 Å². The van der Waals surface area contributed by atoms with Crippen LogP contribution in [0.5, 0.6) is 0 Å². The van der Waals surface area contributed by atoms with E-state index in [4.69, 9.17) is 26.8 Å². The lowest BCUT2D eigenvalue weighted by Gasteiger charge is -2.27. The van der Waals surface area contributed by atoms with Crippen molar-refractivity contribution in [3.63, 3.8) is 0 Å². The Morgan fingerprint density at radius 2 is 1.85 bits per heavy atom. The molecule has 3 heterocycles. The minimum Gasteiger partial charge on any atom is -0.442 e. The normalized spacial score (nSPS) is 20.8. The number of unbranched alkanes of at least 4 members (excludes halogenated alkanes) is 1. The molecular weight excluding hydrogens is 562 g/mol. The van der Waals surface area contributed by atoms with E-state index in [0.29, 0.717) is 54.7 Å². The van der Waals surface area contributed by atoms with Crippen molar-refractivity contribution < 1.29 is 33.4 Å². The van der Waals surface area contributed by atoms with Gasteiger partial charge in [-0.05, 0) is 43.5 Å². The fourth-order valence-corrected chi connectivity index (χ4v) is 5.84. The first kappa shape index (κ1) is 29.8. The molecule has 0 saturated carbocycles. The molecule has 0 spiro atoms. The number of hydrogen-bond donors (Lipinski definition) is 2. The molecule has 1 unspecified atom stereocenters. The molecule has 1 aromatic carbocycles. The highest BCUT2D eigenvalue weighted by molar-refractivity contribution is 8.06. The van der Waals surface area contributed by atoms with E-state index < -0.39 is 17.4 Å². The average molecular weight is 594 g/mol. The smallest absolute Gasteiger partial charge is 0.414 e. The monoisotopic (exact) mass is 593 g/mol. The SMILES string of the molecule is NCC(=O)NCCCCC(=O)N(C[C@H]1CN(c2ccc(N3CCOCC3=O)cc2)C(=O)O1)C(=O)C1CC=C(Cl)S1. The summed E-state index contributed by atoms with van der Waals surface area (Å²) in [7, 11) is 0. The summed E-state index contributed by atoms with van der Waals surface area (Å²) >= 11 is 7.25. The Hall–Kier alpha value is -3.13. The summed E-state index contributed by atoms with van der Waals surface area (Å²) in [5.41, 5.74) is 6.54. The third kappa shape index (κ3) is 7.53. The number of carbonyl (C=O) groups is 5. The molecule has 3 N–H and O–H groups in total. The van der Waals surface area contributed by atoms with Gasteiger partial charge in [-0.1, -0.05) is 17.7 Å². The number of nitrogens with one attached hydrogen (secondary N) is 1. The van der Waals surface area contributed by atoms with Gasteiger partial charge in [-0.25, -0.2) is 4.79 Å². The molecule has 1 aromatic rings. The largest absolute Gasteiger partial charge is 0.442 e. The van der Waals surface area contributed by atoms with Gasteiger partial charge in [0.15, 0.2) is 0 Å². The number of ether oxygens (including phenoxy) is 2. The summed E-state index contributed by atoms with van der Waals surface area (Å²) in [6.45, 7) is 1.27. The van der Waals surface area contributed by atoms with Crippen LogP contribution in [0.1, 0.15) is 25.7 Å². The second kappa shape index (κ2) is 14.0. The van der Waals surface area contributed by atoms with Crippen LogP contribution in [0.2, 0.25) is 0 Å². The molecule has 0 bridgehead atoms. The number of thioether (sulfide) groups is 1. The summed E-state index contributed by atoms with van der Waals surface area (Å²) in [5.74, 6) is -1.17. The second-order valence-electron chi connectivity index (χ2n) is 9.43. The number of halogens is 1. The van der Waals surface area contributed by atoms with Crippen LogP contribution < -0.4 is 20.9 Å². The van der Waals surface area contributed by atoms with Crippen LogP contribution in [-0.4, -0.2) is 91.9 Å². The topological polar surface area (TPSA) is 152 Å². The number of morpholine rings is 1. The van der Waals surface area contributed by atoms with Gasteiger partial charge in [0, 0.05) is 30.9 Å². The maximum Gasteiger partial charge on any atom is 0.414 e. The van der Waals surface area contributed by atoms with E-state index in [1.165, 1.54) is 16.7 Å². The summed E-state index contributed by atoms with van der Waals surface area (Å²) in [6, 6.07) is 6.95. The van der Waals surface area contributed by atoms with Crippen LogP contribution >= 0.6 is 23.4 Å². The lowest BCUT2D eigenvalue weighted by atomic mass is 10.1. The molecule has 5 amide bonds. The molecule has 3 aliphatic heterocycles. The van der Waals surface area contributed by atoms with E-state index in [2.05, 4.69) is 5.32 Å². The first-order valence-corrected chi connectivity index (χ1v) is 14.3. The highest BCUT2D eigenvalue weighted by Gasteiger charge is 2.38. The highest BCUT2D eigenvalue weighted by Crippen LogP contribution is 2.36. The number of nitrogens with zero attached hydrogens (tertiary/aromatic N) is 3. The molecule has 216 valence electrons. The van der Waals surface area contributed by atoms with Gasteiger partial charge in [-0.3, -0.25) is 29.0 Å². The number of amides is 5.